The van der Waals surface area contributed by atoms with Gasteiger partial charge in [-0.25, -0.2) is 4.39 Å². The lowest BCUT2D eigenvalue weighted by molar-refractivity contribution is 0.490. The summed E-state index contributed by atoms with van der Waals surface area (Å²) in [7, 11) is -3.17. The Morgan fingerprint density at radius 3 is 1.35 bits per heavy atom. The molecule has 2 aromatic rings. The van der Waals surface area contributed by atoms with Crippen molar-refractivity contribution in [3.05, 3.63) is 72.0 Å². The maximum Gasteiger partial charge on any atom is 0.261 e. The summed E-state index contributed by atoms with van der Waals surface area (Å²) >= 11 is 0. The summed E-state index contributed by atoms with van der Waals surface area (Å²) in [5.74, 6) is -0.178. The number of alkyl halides is 1. The molecule has 0 spiro atoms. The van der Waals surface area contributed by atoms with E-state index in [9.17, 15) is 17.2 Å². The van der Waals surface area contributed by atoms with Crippen LogP contribution in [0.4, 0.5) is 8.78 Å². The van der Waals surface area contributed by atoms with Crippen molar-refractivity contribution in [1.29, 1.82) is 0 Å². The average Bonchev–Trinajstić information content (AvgIpc) is 2.66. The van der Waals surface area contributed by atoms with E-state index in [1.54, 1.807) is 18.2 Å². The van der Waals surface area contributed by atoms with E-state index in [0.29, 0.717) is 13.4 Å². The quantitative estimate of drug-likeness (QED) is 0.360. The zero-order valence-corrected chi connectivity index (χ0v) is 17.8. The molecule has 0 amide bonds. The molecule has 0 radical (unpaired) electrons. The number of unbranched alkanes of at least 4 members (excludes halogenated alkanes) is 2. The lowest BCUT2D eigenvalue weighted by Crippen LogP contribution is -1.88. The first-order valence-corrected chi connectivity index (χ1v) is 10.7. The predicted molar refractivity (Wildman–Crippen MR) is 139 cm³/mol. The van der Waals surface area contributed by atoms with Gasteiger partial charge in [-0.2, -0.15) is 8.42 Å². The van der Waals surface area contributed by atoms with E-state index >= 15 is 0 Å². The topological polar surface area (TPSA) is 54.4 Å². The lowest BCUT2D eigenvalue weighted by atomic mass is 10.1. The summed E-state index contributed by atoms with van der Waals surface area (Å²) in [4.78, 5) is 0. The Kier molecular flexibility index (Phi) is 54.2. The highest BCUT2D eigenvalue weighted by Gasteiger charge is 1.89. The van der Waals surface area contributed by atoms with E-state index in [1.165, 1.54) is 43.4 Å². The molecule has 0 aliphatic heterocycles. The maximum atomic E-state index is 11.9. The van der Waals surface area contributed by atoms with Gasteiger partial charge in [0.05, 0.1) is 13.4 Å². The number of benzene rings is 2. The normalized spacial score (nSPS) is 7.74. The van der Waals surface area contributed by atoms with Crippen LogP contribution in [-0.2, 0) is 16.5 Å². The van der Waals surface area contributed by atoms with E-state index in [-0.39, 0.29) is 35.5 Å². The van der Waals surface area contributed by atoms with Crippen LogP contribution in [0.3, 0.4) is 0 Å². The van der Waals surface area contributed by atoms with Gasteiger partial charge in [0.15, 0.2) is 0 Å². The average molecular weight is 469 g/mol. The van der Waals surface area contributed by atoms with Gasteiger partial charge in [0.25, 0.3) is 10.1 Å². The van der Waals surface area contributed by atoms with Crippen molar-refractivity contribution in [2.24, 2.45) is 0 Å². The van der Waals surface area contributed by atoms with Crippen LogP contribution in [0.5, 0.6) is 0 Å². The Hall–Kier alpha value is -1.79. The number of aryl methyl sites for hydroxylation is 1. The first-order valence-electron chi connectivity index (χ1n) is 8.87. The molecule has 0 aliphatic carbocycles. The highest BCUT2D eigenvalue weighted by molar-refractivity contribution is 7.85. The van der Waals surface area contributed by atoms with Gasteiger partial charge in [0.2, 0.25) is 0 Å². The van der Waals surface area contributed by atoms with Gasteiger partial charge < -0.3 is 0 Å². The Morgan fingerprint density at radius 1 is 0.774 bits per heavy atom. The van der Waals surface area contributed by atoms with Gasteiger partial charge in [0, 0.05) is 0 Å². The zero-order chi connectivity index (χ0) is 21.6. The minimum Gasteiger partial charge on any atom is -0.286 e. The third-order valence-electron chi connectivity index (χ3n) is 2.64. The first-order chi connectivity index (χ1) is 12.8. The highest BCUT2D eigenvalue weighted by atomic mass is 32.2. The molecule has 2 rings (SSSR count). The number of rotatable bonds is 4. The zero-order valence-electron chi connectivity index (χ0n) is 17.0. The molecule has 0 atom stereocenters. The van der Waals surface area contributed by atoms with Crippen LogP contribution < -0.4 is 0 Å². The van der Waals surface area contributed by atoms with Crippen molar-refractivity contribution in [3.8, 4) is 0 Å². The standard InChI is InChI=1S/C11H16.C6H5F.C2H6.CH3F.CH4O3S.4CH4/c1-2-3-5-8-11-9-6-4-7-10-11;7-6-4-2-1-3-5-6;2*1-2;1-5(2,3)4;;;;/h4,6-7,9-10H,2-3,5,8H2,1H3;1-5H;1-2H3;1H3;1H3,(H,2,3,4);4*1H4. The highest BCUT2D eigenvalue weighted by Crippen LogP contribution is 2.05. The molecular formula is C25H50F2O3S. The molecule has 3 nitrogen and oxygen atoms in total. The molecule has 0 heterocycles. The molecule has 0 saturated heterocycles. The second-order valence-electron chi connectivity index (χ2n) is 4.97. The molecule has 0 bridgehead atoms. The van der Waals surface area contributed by atoms with Crippen molar-refractivity contribution in [1.82, 2.24) is 0 Å². The van der Waals surface area contributed by atoms with Crippen LogP contribution in [0.1, 0.15) is 75.3 Å². The fourth-order valence-electron chi connectivity index (χ4n) is 1.64. The summed E-state index contributed by atoms with van der Waals surface area (Å²) in [6.07, 6.45) is 5.96. The molecular weight excluding hydrogens is 418 g/mol. The molecule has 6 heteroatoms. The summed E-state index contributed by atoms with van der Waals surface area (Å²) < 4.78 is 47.3. The van der Waals surface area contributed by atoms with Crippen molar-refractivity contribution >= 4 is 10.1 Å². The Bertz CT molecular complexity index is 597. The van der Waals surface area contributed by atoms with Gasteiger partial charge in [0.1, 0.15) is 5.82 Å². The molecule has 0 saturated carbocycles. The van der Waals surface area contributed by atoms with E-state index < -0.39 is 10.1 Å². The predicted octanol–water partition coefficient (Wildman–Crippen LogP) is 8.91. The van der Waals surface area contributed by atoms with Crippen molar-refractivity contribution in [3.63, 3.8) is 0 Å². The molecule has 188 valence electrons. The van der Waals surface area contributed by atoms with Crippen molar-refractivity contribution in [2.75, 3.05) is 13.4 Å². The Morgan fingerprint density at radius 2 is 1.10 bits per heavy atom. The van der Waals surface area contributed by atoms with Crippen LogP contribution in [0.15, 0.2) is 60.7 Å². The molecule has 0 aromatic heterocycles. The van der Waals surface area contributed by atoms with Crippen LogP contribution >= 0.6 is 0 Å². The number of halogens is 2. The van der Waals surface area contributed by atoms with Gasteiger partial charge >= 0.3 is 0 Å². The Labute approximate surface area is 193 Å². The third-order valence-corrected chi connectivity index (χ3v) is 2.64. The second-order valence-corrected chi connectivity index (χ2v) is 6.44. The van der Waals surface area contributed by atoms with E-state index in [2.05, 4.69) is 37.3 Å². The minimum absolute atomic E-state index is 0. The van der Waals surface area contributed by atoms with Gasteiger partial charge in [-0.1, -0.05) is 112 Å². The molecule has 0 aliphatic rings. The van der Waals surface area contributed by atoms with Crippen LogP contribution in [0, 0.1) is 5.82 Å². The minimum atomic E-state index is -3.67. The molecule has 31 heavy (non-hydrogen) atoms. The third kappa shape index (κ3) is 52.5. The fourth-order valence-corrected chi connectivity index (χ4v) is 1.64. The second kappa shape index (κ2) is 35.6. The molecule has 1 N–H and O–H groups in total. The van der Waals surface area contributed by atoms with Crippen LogP contribution in [0.2, 0.25) is 0 Å². The molecule has 0 unspecified atom stereocenters. The van der Waals surface area contributed by atoms with Gasteiger partial charge in [-0.3, -0.25) is 8.94 Å². The number of hydrogen-bond acceptors (Lipinski definition) is 2. The summed E-state index contributed by atoms with van der Waals surface area (Å²) in [5, 5.41) is 0. The van der Waals surface area contributed by atoms with E-state index in [1.807, 2.05) is 13.8 Å². The molecule has 0 fully saturated rings. The summed E-state index contributed by atoms with van der Waals surface area (Å²) in [6.45, 7) is 6.24. The van der Waals surface area contributed by atoms with Crippen molar-refractivity contribution < 1.29 is 21.8 Å². The monoisotopic (exact) mass is 468 g/mol. The number of hydrogen-bond donors (Lipinski definition) is 1. The van der Waals surface area contributed by atoms with Gasteiger partial charge in [-0.05, 0) is 30.5 Å². The van der Waals surface area contributed by atoms with Crippen LogP contribution in [0.25, 0.3) is 0 Å². The smallest absolute Gasteiger partial charge is 0.261 e. The van der Waals surface area contributed by atoms with E-state index in [0.717, 1.165) is 0 Å². The summed E-state index contributed by atoms with van der Waals surface area (Å²) in [5.41, 5.74) is 1.47. The summed E-state index contributed by atoms with van der Waals surface area (Å²) in [6, 6.07) is 18.6. The maximum absolute atomic E-state index is 11.9. The lowest BCUT2D eigenvalue weighted by Gasteiger charge is -1.98. The van der Waals surface area contributed by atoms with Crippen LogP contribution in [-0.4, -0.2) is 26.4 Å². The van der Waals surface area contributed by atoms with E-state index in [4.69, 9.17) is 4.55 Å². The Balaban J connectivity index is -0.0000000511. The fraction of sp³-hybridized carbons (Fsp3) is 0.520. The largest absolute Gasteiger partial charge is 0.286 e. The SMILES string of the molecule is C.C.C.C.CC.CCCCCc1ccccc1.CF.CS(=O)(=O)O.Fc1ccccc1. The van der Waals surface area contributed by atoms with Gasteiger partial charge in [-0.15, -0.1) is 0 Å². The molecule has 2 aromatic carbocycles. The van der Waals surface area contributed by atoms with Crippen molar-refractivity contribution in [2.45, 2.75) is 76.2 Å². The first kappa shape index (κ1) is 47.1.